The van der Waals surface area contributed by atoms with Gasteiger partial charge in [-0.3, -0.25) is 0 Å². The first-order chi connectivity index (χ1) is 8.86. The maximum atomic E-state index is 5.93. The third kappa shape index (κ3) is 1.97. The maximum Gasteiger partial charge on any atom is 0.132 e. The van der Waals surface area contributed by atoms with Gasteiger partial charge in [-0.05, 0) is 25.0 Å². The predicted molar refractivity (Wildman–Crippen MR) is 69.0 cm³/mol. The number of rotatable bonds is 2. The molecule has 3 rings (SSSR count). The van der Waals surface area contributed by atoms with Crippen molar-refractivity contribution in [2.45, 2.75) is 18.9 Å². The molecule has 1 aliphatic rings. The Morgan fingerprint density at radius 1 is 1.44 bits per heavy atom. The van der Waals surface area contributed by atoms with Crippen molar-refractivity contribution in [3.63, 3.8) is 0 Å². The van der Waals surface area contributed by atoms with Crippen molar-refractivity contribution in [2.24, 2.45) is 0 Å². The summed E-state index contributed by atoms with van der Waals surface area (Å²) in [6.45, 7) is 1.60. The van der Waals surface area contributed by atoms with Gasteiger partial charge in [-0.25, -0.2) is 9.97 Å². The van der Waals surface area contributed by atoms with E-state index >= 15 is 0 Å². The van der Waals surface area contributed by atoms with Crippen molar-refractivity contribution in [3.8, 4) is 11.3 Å². The number of nitrogens with two attached hydrogens (primary N) is 1. The van der Waals surface area contributed by atoms with Crippen LogP contribution >= 0.6 is 0 Å². The molecule has 0 amide bonds. The van der Waals surface area contributed by atoms with Gasteiger partial charge < -0.3 is 15.0 Å². The van der Waals surface area contributed by atoms with Crippen LogP contribution in [0, 0.1) is 0 Å². The normalized spacial score (nSPS) is 19.9. The van der Waals surface area contributed by atoms with Crippen molar-refractivity contribution in [3.05, 3.63) is 30.9 Å². The molecular weight excluding hydrogens is 228 g/mol. The molecule has 18 heavy (non-hydrogen) atoms. The summed E-state index contributed by atoms with van der Waals surface area (Å²) >= 11 is 0. The van der Waals surface area contributed by atoms with Gasteiger partial charge in [0.2, 0.25) is 0 Å². The van der Waals surface area contributed by atoms with Gasteiger partial charge in [-0.15, -0.1) is 0 Å². The van der Waals surface area contributed by atoms with Gasteiger partial charge in [-0.1, -0.05) is 0 Å². The van der Waals surface area contributed by atoms with Crippen LogP contribution in [0.4, 0.5) is 5.82 Å². The standard InChI is InChI=1S/C13H16N4O/c14-13-11(4-1-5-16-13)12-7-15-9-17(12)10-3-2-6-18-8-10/h1,4-5,7,9-10H,2-3,6,8H2,(H2,14,16). The molecule has 5 nitrogen and oxygen atoms in total. The zero-order chi connectivity index (χ0) is 12.4. The Kier molecular flexibility index (Phi) is 2.98. The summed E-state index contributed by atoms with van der Waals surface area (Å²) in [4.78, 5) is 8.37. The summed E-state index contributed by atoms with van der Waals surface area (Å²) < 4.78 is 7.68. The number of anilines is 1. The Morgan fingerprint density at radius 2 is 2.39 bits per heavy atom. The zero-order valence-electron chi connectivity index (χ0n) is 10.1. The van der Waals surface area contributed by atoms with Crippen LogP contribution in [-0.2, 0) is 4.74 Å². The molecule has 94 valence electrons. The van der Waals surface area contributed by atoms with Crippen molar-refractivity contribution in [1.29, 1.82) is 0 Å². The fraction of sp³-hybridized carbons (Fsp3) is 0.385. The summed E-state index contributed by atoms with van der Waals surface area (Å²) in [5.41, 5.74) is 7.87. The van der Waals surface area contributed by atoms with E-state index in [4.69, 9.17) is 10.5 Å². The van der Waals surface area contributed by atoms with Crippen LogP contribution in [0.5, 0.6) is 0 Å². The average molecular weight is 244 g/mol. The summed E-state index contributed by atoms with van der Waals surface area (Å²) in [7, 11) is 0. The molecule has 0 spiro atoms. The first kappa shape index (κ1) is 11.2. The molecule has 2 N–H and O–H groups in total. The first-order valence-corrected chi connectivity index (χ1v) is 6.16. The zero-order valence-corrected chi connectivity index (χ0v) is 10.1. The molecule has 1 fully saturated rings. The van der Waals surface area contributed by atoms with E-state index in [0.29, 0.717) is 11.9 Å². The number of pyridine rings is 1. The second kappa shape index (κ2) is 4.78. The third-order valence-corrected chi connectivity index (χ3v) is 3.31. The lowest BCUT2D eigenvalue weighted by Crippen LogP contribution is -2.21. The SMILES string of the molecule is Nc1ncccc1-c1cncn1C1CCCOC1. The van der Waals surface area contributed by atoms with Crippen LogP contribution in [0.2, 0.25) is 0 Å². The van der Waals surface area contributed by atoms with Crippen LogP contribution < -0.4 is 5.73 Å². The van der Waals surface area contributed by atoms with Gasteiger partial charge >= 0.3 is 0 Å². The van der Waals surface area contributed by atoms with E-state index in [1.807, 2.05) is 24.7 Å². The van der Waals surface area contributed by atoms with Crippen LogP contribution in [0.3, 0.4) is 0 Å². The quantitative estimate of drug-likeness (QED) is 0.876. The van der Waals surface area contributed by atoms with E-state index in [9.17, 15) is 0 Å². The molecule has 1 saturated heterocycles. The Hall–Kier alpha value is -1.88. The summed E-state index contributed by atoms with van der Waals surface area (Å²) in [5, 5.41) is 0. The molecule has 1 aliphatic heterocycles. The molecule has 2 aromatic heterocycles. The van der Waals surface area contributed by atoms with Gasteiger partial charge in [0.05, 0.1) is 30.9 Å². The fourth-order valence-corrected chi connectivity index (χ4v) is 2.38. The van der Waals surface area contributed by atoms with E-state index in [-0.39, 0.29) is 0 Å². The average Bonchev–Trinajstić information content (AvgIpc) is 2.89. The Balaban J connectivity index is 1.98. The van der Waals surface area contributed by atoms with Gasteiger partial charge in [-0.2, -0.15) is 0 Å². The lowest BCUT2D eigenvalue weighted by Gasteiger charge is -2.25. The van der Waals surface area contributed by atoms with Crippen molar-refractivity contribution in [2.75, 3.05) is 18.9 Å². The number of ether oxygens (including phenoxy) is 1. The van der Waals surface area contributed by atoms with Gasteiger partial charge in [0, 0.05) is 18.4 Å². The highest BCUT2D eigenvalue weighted by Gasteiger charge is 2.19. The summed E-state index contributed by atoms with van der Waals surface area (Å²) in [5.74, 6) is 0.538. The third-order valence-electron chi connectivity index (χ3n) is 3.31. The highest BCUT2D eigenvalue weighted by Crippen LogP contribution is 2.29. The molecule has 2 aromatic rings. The highest BCUT2D eigenvalue weighted by molar-refractivity contribution is 5.70. The van der Waals surface area contributed by atoms with E-state index in [1.165, 1.54) is 0 Å². The molecule has 5 heteroatoms. The molecule has 0 aromatic carbocycles. The first-order valence-electron chi connectivity index (χ1n) is 6.16. The Labute approximate surface area is 106 Å². The minimum atomic E-state index is 0.343. The second-order valence-electron chi connectivity index (χ2n) is 4.49. The number of nitrogen functional groups attached to an aromatic ring is 1. The lowest BCUT2D eigenvalue weighted by atomic mass is 10.1. The number of hydrogen-bond acceptors (Lipinski definition) is 4. The molecule has 0 bridgehead atoms. The number of nitrogens with zero attached hydrogens (tertiary/aromatic N) is 3. The Morgan fingerprint density at radius 3 is 3.17 bits per heavy atom. The predicted octanol–water partition coefficient (Wildman–Crippen LogP) is 1.88. The number of aromatic nitrogens is 3. The molecule has 0 radical (unpaired) electrons. The van der Waals surface area contributed by atoms with Gasteiger partial charge in [0.15, 0.2) is 0 Å². The van der Waals surface area contributed by atoms with Crippen LogP contribution in [0.15, 0.2) is 30.9 Å². The fourth-order valence-electron chi connectivity index (χ4n) is 2.38. The number of imidazole rings is 1. The molecular formula is C13H16N4O. The maximum absolute atomic E-state index is 5.93. The Bertz CT molecular complexity index is 531. The smallest absolute Gasteiger partial charge is 0.132 e. The van der Waals surface area contributed by atoms with Crippen molar-refractivity contribution >= 4 is 5.82 Å². The van der Waals surface area contributed by atoms with E-state index in [2.05, 4.69) is 14.5 Å². The molecule has 1 unspecified atom stereocenters. The van der Waals surface area contributed by atoms with Crippen LogP contribution in [0.25, 0.3) is 11.3 Å². The van der Waals surface area contributed by atoms with Crippen LogP contribution in [0.1, 0.15) is 18.9 Å². The van der Waals surface area contributed by atoms with Gasteiger partial charge in [0.25, 0.3) is 0 Å². The summed E-state index contributed by atoms with van der Waals surface area (Å²) in [6.07, 6.45) is 7.58. The topological polar surface area (TPSA) is 66.0 Å². The van der Waals surface area contributed by atoms with Gasteiger partial charge in [0.1, 0.15) is 5.82 Å². The second-order valence-corrected chi connectivity index (χ2v) is 4.49. The summed E-state index contributed by atoms with van der Waals surface area (Å²) in [6, 6.07) is 4.20. The van der Waals surface area contributed by atoms with Crippen molar-refractivity contribution in [1.82, 2.24) is 14.5 Å². The lowest BCUT2D eigenvalue weighted by molar-refractivity contribution is 0.0596. The molecule has 0 aliphatic carbocycles. The van der Waals surface area contributed by atoms with E-state index in [1.54, 1.807) is 6.20 Å². The van der Waals surface area contributed by atoms with E-state index < -0.39 is 0 Å². The molecule has 3 heterocycles. The number of hydrogen-bond donors (Lipinski definition) is 1. The molecule has 1 atom stereocenters. The van der Waals surface area contributed by atoms with Crippen molar-refractivity contribution < 1.29 is 4.74 Å². The minimum absolute atomic E-state index is 0.343. The minimum Gasteiger partial charge on any atom is -0.383 e. The highest BCUT2D eigenvalue weighted by atomic mass is 16.5. The molecule has 0 saturated carbocycles. The van der Waals surface area contributed by atoms with E-state index in [0.717, 1.165) is 37.3 Å². The van der Waals surface area contributed by atoms with Crippen LogP contribution in [-0.4, -0.2) is 27.7 Å². The monoisotopic (exact) mass is 244 g/mol. The largest absolute Gasteiger partial charge is 0.383 e.